The fourth-order valence-electron chi connectivity index (χ4n) is 1.26. The van der Waals surface area contributed by atoms with Crippen molar-refractivity contribution in [3.8, 4) is 0 Å². The number of aromatic nitrogens is 3. The van der Waals surface area contributed by atoms with E-state index in [9.17, 15) is 0 Å². The molecule has 17 heavy (non-hydrogen) atoms. The zero-order valence-electron chi connectivity index (χ0n) is 9.75. The summed E-state index contributed by atoms with van der Waals surface area (Å²) in [4.78, 5) is 14.2. The Morgan fingerprint density at radius 3 is 2.47 bits per heavy atom. The van der Waals surface area contributed by atoms with Crippen LogP contribution in [0.3, 0.4) is 0 Å². The summed E-state index contributed by atoms with van der Waals surface area (Å²) in [5.74, 6) is 1.12. The number of benzene rings is 1. The molecule has 1 aromatic carbocycles. The highest BCUT2D eigenvalue weighted by Gasteiger charge is 2.02. The zero-order valence-corrected chi connectivity index (χ0v) is 9.75. The van der Waals surface area contributed by atoms with E-state index in [2.05, 4.69) is 20.3 Å². The minimum atomic E-state index is 0.508. The Balaban J connectivity index is 2.18. The van der Waals surface area contributed by atoms with Gasteiger partial charge in [-0.15, -0.1) is 0 Å². The molecule has 0 spiro atoms. The standard InChI is InChI=1S/C11H14N6/c1-17(2)11-14-7-13-10(16-11)15-9-5-3-8(12)4-6-9/h3-7H,12H2,1-2H3,(H,13,14,15,16). The normalized spacial score (nSPS) is 10.0. The van der Waals surface area contributed by atoms with Gasteiger partial charge >= 0.3 is 0 Å². The highest BCUT2D eigenvalue weighted by Crippen LogP contribution is 2.15. The molecule has 88 valence electrons. The van der Waals surface area contributed by atoms with Crippen LogP contribution >= 0.6 is 0 Å². The summed E-state index contributed by atoms with van der Waals surface area (Å²) in [6, 6.07) is 7.37. The van der Waals surface area contributed by atoms with Crippen molar-refractivity contribution in [1.82, 2.24) is 15.0 Å². The molecule has 0 aliphatic carbocycles. The van der Waals surface area contributed by atoms with Crippen molar-refractivity contribution in [3.63, 3.8) is 0 Å². The molecular formula is C11H14N6. The minimum Gasteiger partial charge on any atom is -0.399 e. The van der Waals surface area contributed by atoms with Crippen LogP contribution in [-0.2, 0) is 0 Å². The Bertz CT molecular complexity index is 494. The van der Waals surface area contributed by atoms with Gasteiger partial charge in [-0.2, -0.15) is 4.98 Å². The van der Waals surface area contributed by atoms with E-state index in [1.807, 2.05) is 43.3 Å². The van der Waals surface area contributed by atoms with Crippen molar-refractivity contribution in [3.05, 3.63) is 30.6 Å². The molecule has 0 aliphatic rings. The number of rotatable bonds is 3. The number of nitrogens with zero attached hydrogens (tertiary/aromatic N) is 4. The van der Waals surface area contributed by atoms with E-state index >= 15 is 0 Å². The third kappa shape index (κ3) is 2.81. The first kappa shape index (κ1) is 11.1. The number of nitrogens with one attached hydrogen (secondary N) is 1. The molecule has 0 fully saturated rings. The third-order valence-corrected chi connectivity index (χ3v) is 2.13. The molecule has 3 N–H and O–H groups in total. The molecule has 0 saturated heterocycles. The van der Waals surface area contributed by atoms with Gasteiger partial charge < -0.3 is 16.0 Å². The van der Waals surface area contributed by atoms with Crippen molar-refractivity contribution >= 4 is 23.3 Å². The van der Waals surface area contributed by atoms with E-state index in [1.54, 1.807) is 0 Å². The van der Waals surface area contributed by atoms with Crippen LogP contribution in [0.1, 0.15) is 0 Å². The summed E-state index contributed by atoms with van der Waals surface area (Å²) in [5.41, 5.74) is 7.21. The molecule has 6 heteroatoms. The second kappa shape index (κ2) is 4.65. The van der Waals surface area contributed by atoms with E-state index in [-0.39, 0.29) is 0 Å². The van der Waals surface area contributed by atoms with E-state index in [0.29, 0.717) is 11.9 Å². The molecule has 0 amide bonds. The van der Waals surface area contributed by atoms with Gasteiger partial charge in [0.1, 0.15) is 6.33 Å². The van der Waals surface area contributed by atoms with Gasteiger partial charge in [0, 0.05) is 25.5 Å². The van der Waals surface area contributed by atoms with Crippen LogP contribution in [-0.4, -0.2) is 29.0 Å². The molecule has 2 aromatic rings. The average Bonchev–Trinajstić information content (AvgIpc) is 2.32. The van der Waals surface area contributed by atoms with Crippen LogP contribution < -0.4 is 16.0 Å². The Morgan fingerprint density at radius 2 is 1.82 bits per heavy atom. The SMILES string of the molecule is CN(C)c1ncnc(Nc2ccc(N)cc2)n1. The lowest BCUT2D eigenvalue weighted by Crippen LogP contribution is -2.13. The second-order valence-electron chi connectivity index (χ2n) is 3.75. The average molecular weight is 230 g/mol. The predicted octanol–water partition coefficient (Wildman–Crippen LogP) is 1.26. The van der Waals surface area contributed by atoms with Crippen molar-refractivity contribution in [2.24, 2.45) is 0 Å². The van der Waals surface area contributed by atoms with Gasteiger partial charge in [0.15, 0.2) is 0 Å². The van der Waals surface area contributed by atoms with Crippen LogP contribution in [0.15, 0.2) is 30.6 Å². The topological polar surface area (TPSA) is 80.0 Å². The number of nitrogens with two attached hydrogens (primary N) is 1. The van der Waals surface area contributed by atoms with Crippen LogP contribution in [0.25, 0.3) is 0 Å². The fraction of sp³-hybridized carbons (Fsp3) is 0.182. The van der Waals surface area contributed by atoms with E-state index in [0.717, 1.165) is 11.4 Å². The Hall–Kier alpha value is -2.37. The molecule has 1 aromatic heterocycles. The van der Waals surface area contributed by atoms with Crippen molar-refractivity contribution in [2.75, 3.05) is 30.0 Å². The molecule has 0 saturated carbocycles. The van der Waals surface area contributed by atoms with Gasteiger partial charge in [0.2, 0.25) is 11.9 Å². The lowest BCUT2D eigenvalue weighted by atomic mass is 10.3. The molecular weight excluding hydrogens is 216 g/mol. The molecule has 2 rings (SSSR count). The molecule has 0 bridgehead atoms. The quantitative estimate of drug-likeness (QED) is 0.773. The maximum atomic E-state index is 5.61. The maximum absolute atomic E-state index is 5.61. The van der Waals surface area contributed by atoms with Crippen LogP contribution in [0.4, 0.5) is 23.3 Å². The fourth-order valence-corrected chi connectivity index (χ4v) is 1.26. The van der Waals surface area contributed by atoms with Gasteiger partial charge in [-0.3, -0.25) is 0 Å². The summed E-state index contributed by atoms with van der Waals surface area (Å²) < 4.78 is 0. The third-order valence-electron chi connectivity index (χ3n) is 2.13. The number of hydrogen-bond acceptors (Lipinski definition) is 6. The summed E-state index contributed by atoms with van der Waals surface area (Å²) in [6.45, 7) is 0. The zero-order chi connectivity index (χ0) is 12.3. The maximum Gasteiger partial charge on any atom is 0.231 e. The predicted molar refractivity (Wildman–Crippen MR) is 68.3 cm³/mol. The highest BCUT2D eigenvalue weighted by molar-refractivity contribution is 5.57. The second-order valence-corrected chi connectivity index (χ2v) is 3.75. The van der Waals surface area contributed by atoms with Crippen LogP contribution in [0, 0.1) is 0 Å². The van der Waals surface area contributed by atoms with Crippen molar-refractivity contribution < 1.29 is 0 Å². The number of hydrogen-bond donors (Lipinski definition) is 2. The van der Waals surface area contributed by atoms with E-state index in [4.69, 9.17) is 5.73 Å². The monoisotopic (exact) mass is 230 g/mol. The van der Waals surface area contributed by atoms with Gasteiger partial charge in [0.05, 0.1) is 0 Å². The first-order valence-electron chi connectivity index (χ1n) is 5.14. The molecule has 0 atom stereocenters. The Kier molecular flexibility index (Phi) is 3.04. The summed E-state index contributed by atoms with van der Waals surface area (Å²) >= 11 is 0. The largest absolute Gasteiger partial charge is 0.399 e. The smallest absolute Gasteiger partial charge is 0.231 e. The Morgan fingerprint density at radius 1 is 1.12 bits per heavy atom. The number of anilines is 4. The van der Waals surface area contributed by atoms with E-state index < -0.39 is 0 Å². The summed E-state index contributed by atoms with van der Waals surface area (Å²) in [5, 5.41) is 3.08. The molecule has 1 heterocycles. The summed E-state index contributed by atoms with van der Waals surface area (Å²) in [7, 11) is 3.75. The molecule has 0 aliphatic heterocycles. The van der Waals surface area contributed by atoms with Gasteiger partial charge in [0.25, 0.3) is 0 Å². The molecule has 0 unspecified atom stereocenters. The Labute approximate surface area is 99.5 Å². The van der Waals surface area contributed by atoms with Crippen molar-refractivity contribution in [2.45, 2.75) is 0 Å². The molecule has 0 radical (unpaired) electrons. The van der Waals surface area contributed by atoms with Gasteiger partial charge in [-0.25, -0.2) is 9.97 Å². The first-order valence-corrected chi connectivity index (χ1v) is 5.14. The molecule has 6 nitrogen and oxygen atoms in total. The summed E-state index contributed by atoms with van der Waals surface area (Å²) in [6.07, 6.45) is 1.47. The minimum absolute atomic E-state index is 0.508. The lowest BCUT2D eigenvalue weighted by molar-refractivity contribution is 0.961. The number of nitrogen functional groups attached to an aromatic ring is 1. The van der Waals surface area contributed by atoms with Gasteiger partial charge in [-0.1, -0.05) is 0 Å². The van der Waals surface area contributed by atoms with Crippen LogP contribution in [0.2, 0.25) is 0 Å². The lowest BCUT2D eigenvalue weighted by Gasteiger charge is -2.10. The highest BCUT2D eigenvalue weighted by atomic mass is 15.3. The van der Waals surface area contributed by atoms with Crippen LogP contribution in [0.5, 0.6) is 0 Å². The van der Waals surface area contributed by atoms with Gasteiger partial charge in [-0.05, 0) is 24.3 Å². The van der Waals surface area contributed by atoms with E-state index in [1.165, 1.54) is 6.33 Å². The first-order chi connectivity index (χ1) is 8.15. The van der Waals surface area contributed by atoms with Crippen molar-refractivity contribution in [1.29, 1.82) is 0 Å².